The number of nitrogens with one attached hydrogen (secondary N) is 2. The van der Waals surface area contributed by atoms with Crippen molar-refractivity contribution in [1.82, 2.24) is 15.0 Å². The maximum absolute atomic E-state index is 5.96. The number of benzene rings is 1. The molecule has 5 nitrogen and oxygen atoms in total. The molecule has 6 heteroatoms. The van der Waals surface area contributed by atoms with Crippen molar-refractivity contribution in [2.75, 3.05) is 10.6 Å². The van der Waals surface area contributed by atoms with Crippen molar-refractivity contribution in [2.45, 2.75) is 6.54 Å². The number of hydrogen-bond donors (Lipinski definition) is 2. The van der Waals surface area contributed by atoms with Gasteiger partial charge in [0, 0.05) is 23.1 Å². The maximum Gasteiger partial charge on any atom is 0.229 e. The summed E-state index contributed by atoms with van der Waals surface area (Å²) in [6.07, 6.45) is 3.46. The number of nitrogens with zero attached hydrogens (tertiary/aromatic N) is 3. The van der Waals surface area contributed by atoms with Gasteiger partial charge in [0.15, 0.2) is 0 Å². The predicted molar refractivity (Wildman–Crippen MR) is 88.3 cm³/mol. The molecule has 110 valence electrons. The van der Waals surface area contributed by atoms with E-state index in [0.717, 1.165) is 17.2 Å². The van der Waals surface area contributed by atoms with Crippen LogP contribution in [-0.4, -0.2) is 15.0 Å². The zero-order valence-corrected chi connectivity index (χ0v) is 12.5. The molecule has 0 atom stereocenters. The quantitative estimate of drug-likeness (QED) is 0.748. The van der Waals surface area contributed by atoms with Gasteiger partial charge in [0.1, 0.15) is 5.82 Å². The van der Waals surface area contributed by atoms with Crippen LogP contribution in [0.1, 0.15) is 5.69 Å². The molecule has 0 saturated carbocycles. The third-order valence-electron chi connectivity index (χ3n) is 2.91. The first-order chi connectivity index (χ1) is 10.8. The Morgan fingerprint density at radius 2 is 1.91 bits per heavy atom. The van der Waals surface area contributed by atoms with Crippen molar-refractivity contribution in [3.8, 4) is 0 Å². The lowest BCUT2D eigenvalue weighted by Gasteiger charge is -2.08. The first kappa shape index (κ1) is 14.3. The minimum absolute atomic E-state index is 0.508. The van der Waals surface area contributed by atoms with Gasteiger partial charge in [-0.3, -0.25) is 4.98 Å². The Morgan fingerprint density at radius 1 is 0.955 bits per heavy atom. The summed E-state index contributed by atoms with van der Waals surface area (Å²) < 4.78 is 0. The summed E-state index contributed by atoms with van der Waals surface area (Å²) in [5.74, 6) is 1.23. The first-order valence-electron chi connectivity index (χ1n) is 6.79. The largest absolute Gasteiger partial charge is 0.364 e. The topological polar surface area (TPSA) is 62.7 Å². The number of rotatable bonds is 5. The maximum atomic E-state index is 5.96. The van der Waals surface area contributed by atoms with E-state index in [0.29, 0.717) is 17.5 Å². The van der Waals surface area contributed by atoms with Crippen LogP contribution in [0.15, 0.2) is 60.9 Å². The van der Waals surface area contributed by atoms with E-state index in [1.54, 1.807) is 12.4 Å². The molecule has 0 unspecified atom stereocenters. The number of pyridine rings is 1. The monoisotopic (exact) mass is 311 g/mol. The molecule has 0 aliphatic carbocycles. The van der Waals surface area contributed by atoms with E-state index in [2.05, 4.69) is 25.6 Å². The summed E-state index contributed by atoms with van der Waals surface area (Å²) in [7, 11) is 0. The van der Waals surface area contributed by atoms with Crippen molar-refractivity contribution >= 4 is 29.1 Å². The number of halogens is 1. The molecule has 1 aromatic carbocycles. The van der Waals surface area contributed by atoms with Gasteiger partial charge in [-0.2, -0.15) is 4.98 Å². The second-order valence-electron chi connectivity index (χ2n) is 4.58. The van der Waals surface area contributed by atoms with Gasteiger partial charge in [0.25, 0.3) is 0 Å². The minimum atomic E-state index is 0.508. The van der Waals surface area contributed by atoms with E-state index in [1.807, 2.05) is 48.5 Å². The fraction of sp³-hybridized carbons (Fsp3) is 0.0625. The van der Waals surface area contributed by atoms with Crippen LogP contribution in [0.3, 0.4) is 0 Å². The zero-order chi connectivity index (χ0) is 15.2. The highest BCUT2D eigenvalue weighted by atomic mass is 35.5. The molecule has 22 heavy (non-hydrogen) atoms. The fourth-order valence-electron chi connectivity index (χ4n) is 1.90. The van der Waals surface area contributed by atoms with E-state index in [-0.39, 0.29) is 0 Å². The molecule has 2 heterocycles. The Kier molecular flexibility index (Phi) is 4.46. The lowest BCUT2D eigenvalue weighted by atomic mass is 10.3. The number of aromatic nitrogens is 3. The van der Waals surface area contributed by atoms with Gasteiger partial charge in [-0.15, -0.1) is 0 Å². The Bertz CT molecular complexity index is 748. The highest BCUT2D eigenvalue weighted by Crippen LogP contribution is 2.18. The molecule has 0 aliphatic rings. The summed E-state index contributed by atoms with van der Waals surface area (Å²) >= 11 is 5.96. The standard InChI is InChI=1S/C16H14ClN5/c17-12-4-3-6-13(10-12)21-16-19-9-7-15(22-16)20-11-14-5-1-2-8-18-14/h1-10H,11H2,(H2,19,20,21,22). The lowest BCUT2D eigenvalue weighted by Crippen LogP contribution is -2.05. The molecule has 0 amide bonds. The summed E-state index contributed by atoms with van der Waals surface area (Å²) in [5.41, 5.74) is 1.79. The van der Waals surface area contributed by atoms with Crippen LogP contribution in [0, 0.1) is 0 Å². The van der Waals surface area contributed by atoms with Crippen LogP contribution in [0.2, 0.25) is 5.02 Å². The van der Waals surface area contributed by atoms with Crippen LogP contribution in [-0.2, 0) is 6.54 Å². The highest BCUT2D eigenvalue weighted by Gasteiger charge is 2.01. The molecule has 0 spiro atoms. The van der Waals surface area contributed by atoms with Crippen molar-refractivity contribution in [3.63, 3.8) is 0 Å². The zero-order valence-electron chi connectivity index (χ0n) is 11.7. The molecule has 0 saturated heterocycles. The number of hydrogen-bond acceptors (Lipinski definition) is 5. The van der Waals surface area contributed by atoms with E-state index in [1.165, 1.54) is 0 Å². The van der Waals surface area contributed by atoms with Gasteiger partial charge in [-0.05, 0) is 36.4 Å². The second-order valence-corrected chi connectivity index (χ2v) is 5.01. The van der Waals surface area contributed by atoms with E-state index < -0.39 is 0 Å². The molecule has 3 rings (SSSR count). The molecule has 2 N–H and O–H groups in total. The van der Waals surface area contributed by atoms with Crippen LogP contribution in [0.25, 0.3) is 0 Å². The summed E-state index contributed by atoms with van der Waals surface area (Å²) in [4.78, 5) is 12.9. The van der Waals surface area contributed by atoms with Gasteiger partial charge >= 0.3 is 0 Å². The first-order valence-corrected chi connectivity index (χ1v) is 7.17. The average Bonchev–Trinajstić information content (AvgIpc) is 2.54. The van der Waals surface area contributed by atoms with E-state index >= 15 is 0 Å². The van der Waals surface area contributed by atoms with Gasteiger partial charge in [0.05, 0.1) is 12.2 Å². The third-order valence-corrected chi connectivity index (χ3v) is 3.15. The van der Waals surface area contributed by atoms with Gasteiger partial charge in [-0.25, -0.2) is 4.98 Å². The Labute approximate surface area is 133 Å². The SMILES string of the molecule is Clc1cccc(Nc2nccc(NCc3ccccn3)n2)c1. The van der Waals surface area contributed by atoms with Crippen LogP contribution in [0.5, 0.6) is 0 Å². The van der Waals surface area contributed by atoms with Gasteiger partial charge in [-0.1, -0.05) is 23.7 Å². The minimum Gasteiger partial charge on any atom is -0.364 e. The van der Waals surface area contributed by atoms with Crippen molar-refractivity contribution in [3.05, 3.63) is 71.6 Å². The van der Waals surface area contributed by atoms with Crippen LogP contribution in [0.4, 0.5) is 17.5 Å². The van der Waals surface area contributed by atoms with Crippen molar-refractivity contribution in [2.24, 2.45) is 0 Å². The smallest absolute Gasteiger partial charge is 0.229 e. The van der Waals surface area contributed by atoms with Gasteiger partial charge < -0.3 is 10.6 Å². The molecule has 0 bridgehead atoms. The van der Waals surface area contributed by atoms with Gasteiger partial charge in [0.2, 0.25) is 5.95 Å². The second kappa shape index (κ2) is 6.87. The van der Waals surface area contributed by atoms with Crippen molar-refractivity contribution < 1.29 is 0 Å². The molecule has 0 aliphatic heterocycles. The molecule has 0 fully saturated rings. The normalized spacial score (nSPS) is 10.2. The molecular formula is C16H14ClN5. The lowest BCUT2D eigenvalue weighted by molar-refractivity contribution is 1.02. The molecule has 0 radical (unpaired) electrons. The average molecular weight is 312 g/mol. The molecular weight excluding hydrogens is 298 g/mol. The summed E-state index contributed by atoms with van der Waals surface area (Å²) in [6.45, 7) is 0.606. The van der Waals surface area contributed by atoms with Crippen LogP contribution >= 0.6 is 11.6 Å². The molecule has 3 aromatic rings. The summed E-state index contributed by atoms with van der Waals surface area (Å²) in [5, 5.41) is 7.00. The van der Waals surface area contributed by atoms with E-state index in [4.69, 9.17) is 11.6 Å². The predicted octanol–water partition coefficient (Wildman–Crippen LogP) is 3.88. The Morgan fingerprint density at radius 3 is 2.73 bits per heavy atom. The van der Waals surface area contributed by atoms with E-state index in [9.17, 15) is 0 Å². The highest BCUT2D eigenvalue weighted by molar-refractivity contribution is 6.30. The Hall–Kier alpha value is -2.66. The summed E-state index contributed by atoms with van der Waals surface area (Å²) in [6, 6.07) is 15.0. The van der Waals surface area contributed by atoms with Crippen LogP contribution < -0.4 is 10.6 Å². The van der Waals surface area contributed by atoms with Crippen molar-refractivity contribution in [1.29, 1.82) is 0 Å². The third kappa shape index (κ3) is 3.93. The Balaban J connectivity index is 1.67. The molecule has 2 aromatic heterocycles. The number of anilines is 3. The fourth-order valence-corrected chi connectivity index (χ4v) is 2.09.